The minimum Gasteiger partial charge on any atom is -0.444 e. The number of ether oxygens (including phenoxy) is 1. The summed E-state index contributed by atoms with van der Waals surface area (Å²) in [6.45, 7) is 6.94. The molecular formula is C19H26FNO4S. The first kappa shape index (κ1) is 19.1. The molecule has 7 heteroatoms. The Kier molecular flexibility index (Phi) is 4.58. The molecule has 1 spiro atoms. The molecule has 0 N–H and O–H groups in total. The Balaban J connectivity index is 1.56. The lowest BCUT2D eigenvalue weighted by Crippen LogP contribution is -2.64. The summed E-state index contributed by atoms with van der Waals surface area (Å²) in [6, 6.07) is 3.99. The molecule has 1 aliphatic heterocycles. The van der Waals surface area contributed by atoms with E-state index in [-0.39, 0.29) is 16.4 Å². The third-order valence-electron chi connectivity index (χ3n) is 5.08. The Morgan fingerprint density at radius 3 is 2.46 bits per heavy atom. The second-order valence-electron chi connectivity index (χ2n) is 8.84. The van der Waals surface area contributed by atoms with Gasteiger partial charge < -0.3 is 9.64 Å². The lowest BCUT2D eigenvalue weighted by molar-refractivity contribution is -0.0948. The number of hydrogen-bond acceptors (Lipinski definition) is 4. The second kappa shape index (κ2) is 6.22. The summed E-state index contributed by atoms with van der Waals surface area (Å²) < 4.78 is 42.6. The largest absolute Gasteiger partial charge is 0.444 e. The quantitative estimate of drug-likeness (QED) is 0.802. The van der Waals surface area contributed by atoms with Crippen molar-refractivity contribution in [1.29, 1.82) is 0 Å². The first-order valence-electron chi connectivity index (χ1n) is 8.83. The summed E-state index contributed by atoms with van der Waals surface area (Å²) >= 11 is 0. The molecule has 0 radical (unpaired) electrons. The van der Waals surface area contributed by atoms with Gasteiger partial charge in [0, 0.05) is 24.8 Å². The molecule has 2 aliphatic rings. The maximum Gasteiger partial charge on any atom is 0.410 e. The van der Waals surface area contributed by atoms with Gasteiger partial charge in [0.15, 0.2) is 9.84 Å². The lowest BCUT2D eigenvalue weighted by Gasteiger charge is -2.59. The molecule has 0 atom stereocenters. The van der Waals surface area contributed by atoms with Crippen LogP contribution >= 0.6 is 0 Å². The predicted molar refractivity (Wildman–Crippen MR) is 96.2 cm³/mol. The highest BCUT2D eigenvalue weighted by Crippen LogP contribution is 2.53. The minimum atomic E-state index is -3.45. The first-order valence-corrected chi connectivity index (χ1v) is 10.7. The maximum absolute atomic E-state index is 13.4. The minimum absolute atomic E-state index is 0.0856. The van der Waals surface area contributed by atoms with Crippen LogP contribution in [-0.2, 0) is 21.0 Å². The molecule has 1 saturated heterocycles. The van der Waals surface area contributed by atoms with E-state index in [4.69, 9.17) is 4.74 Å². The van der Waals surface area contributed by atoms with Gasteiger partial charge in [-0.1, -0.05) is 6.07 Å². The van der Waals surface area contributed by atoms with E-state index in [2.05, 4.69) is 0 Å². The lowest BCUT2D eigenvalue weighted by atomic mass is 9.56. The van der Waals surface area contributed by atoms with E-state index < -0.39 is 21.3 Å². The fraction of sp³-hybridized carbons (Fsp3) is 0.632. The first-order chi connectivity index (χ1) is 11.9. The molecule has 0 aromatic heterocycles. The molecule has 144 valence electrons. The zero-order valence-corrected chi connectivity index (χ0v) is 16.5. The van der Waals surface area contributed by atoms with Crippen molar-refractivity contribution in [1.82, 2.24) is 4.90 Å². The smallest absolute Gasteiger partial charge is 0.410 e. The normalized spacial score (nSPS) is 19.8. The number of amides is 1. The van der Waals surface area contributed by atoms with Crippen LogP contribution in [0.1, 0.15) is 39.2 Å². The van der Waals surface area contributed by atoms with Crippen molar-refractivity contribution in [2.45, 2.75) is 50.5 Å². The van der Waals surface area contributed by atoms with E-state index in [1.807, 2.05) is 20.8 Å². The number of likely N-dealkylation sites (tertiary alicyclic amines) is 1. The molecule has 3 rings (SSSR count). The molecule has 0 bridgehead atoms. The van der Waals surface area contributed by atoms with Crippen LogP contribution in [0.15, 0.2) is 23.1 Å². The summed E-state index contributed by atoms with van der Waals surface area (Å²) in [7, 11) is -3.45. The molecule has 1 aliphatic carbocycles. The number of rotatable bonds is 3. The predicted octanol–water partition coefficient (Wildman–Crippen LogP) is 3.42. The van der Waals surface area contributed by atoms with E-state index in [9.17, 15) is 17.6 Å². The van der Waals surface area contributed by atoms with Crippen molar-refractivity contribution < 1.29 is 22.3 Å². The maximum atomic E-state index is 13.4. The summed E-state index contributed by atoms with van der Waals surface area (Å²) in [6.07, 6.45) is 3.36. The molecule has 1 aromatic rings. The molecule has 0 unspecified atom stereocenters. The Morgan fingerprint density at radius 1 is 1.31 bits per heavy atom. The van der Waals surface area contributed by atoms with Crippen LogP contribution in [0.5, 0.6) is 0 Å². The van der Waals surface area contributed by atoms with Gasteiger partial charge >= 0.3 is 6.09 Å². The van der Waals surface area contributed by atoms with Gasteiger partial charge in [-0.2, -0.15) is 0 Å². The van der Waals surface area contributed by atoms with Crippen LogP contribution < -0.4 is 0 Å². The fourth-order valence-corrected chi connectivity index (χ4v) is 5.09. The van der Waals surface area contributed by atoms with Crippen molar-refractivity contribution in [2.24, 2.45) is 11.3 Å². The van der Waals surface area contributed by atoms with E-state index >= 15 is 0 Å². The third kappa shape index (κ3) is 4.03. The van der Waals surface area contributed by atoms with Gasteiger partial charge in [-0.05, 0) is 63.6 Å². The Bertz CT molecular complexity index is 814. The van der Waals surface area contributed by atoms with Crippen LogP contribution in [-0.4, -0.2) is 44.4 Å². The van der Waals surface area contributed by atoms with E-state index in [0.29, 0.717) is 31.0 Å². The fourth-order valence-electron chi connectivity index (χ4n) is 4.14. The van der Waals surface area contributed by atoms with Gasteiger partial charge in [-0.25, -0.2) is 17.6 Å². The number of carbonyl (C=O) groups excluding carboxylic acids is 1. The average Bonchev–Trinajstić information content (AvgIpc) is 2.38. The van der Waals surface area contributed by atoms with E-state index in [1.54, 1.807) is 11.0 Å². The highest BCUT2D eigenvalue weighted by molar-refractivity contribution is 7.90. The molecule has 2 fully saturated rings. The number of sulfone groups is 1. The summed E-state index contributed by atoms with van der Waals surface area (Å²) in [5.41, 5.74) is 0.330. The number of halogens is 1. The number of carbonyl (C=O) groups is 1. The van der Waals surface area contributed by atoms with Gasteiger partial charge in [-0.3, -0.25) is 0 Å². The Morgan fingerprint density at radius 2 is 1.92 bits per heavy atom. The highest BCUT2D eigenvalue weighted by Gasteiger charge is 2.54. The highest BCUT2D eigenvalue weighted by atomic mass is 32.2. The van der Waals surface area contributed by atoms with Crippen molar-refractivity contribution >= 4 is 15.9 Å². The summed E-state index contributed by atoms with van der Waals surface area (Å²) in [5, 5.41) is 0. The Hall–Kier alpha value is -1.63. The summed E-state index contributed by atoms with van der Waals surface area (Å²) in [4.78, 5) is 13.8. The molecule has 5 nitrogen and oxygen atoms in total. The van der Waals surface area contributed by atoms with Gasteiger partial charge in [-0.15, -0.1) is 0 Å². The second-order valence-corrected chi connectivity index (χ2v) is 10.8. The van der Waals surface area contributed by atoms with Crippen LogP contribution in [0.25, 0.3) is 0 Å². The molecule has 1 saturated carbocycles. The standard InChI is InChI=1S/C19H26FNO4S/c1-18(2,3)25-17(22)21-11-19(12-21)9-13(10-19)7-14-5-6-15(20)8-16(14)26(4,23)24/h5-6,8,13H,7,9-12H2,1-4H3. The topological polar surface area (TPSA) is 63.7 Å². The third-order valence-corrected chi connectivity index (χ3v) is 6.26. The molecule has 1 heterocycles. The van der Waals surface area contributed by atoms with Gasteiger partial charge in [0.1, 0.15) is 11.4 Å². The molecule has 26 heavy (non-hydrogen) atoms. The number of benzene rings is 1. The van der Waals surface area contributed by atoms with Crippen LogP contribution in [0.4, 0.5) is 9.18 Å². The van der Waals surface area contributed by atoms with Crippen LogP contribution in [0, 0.1) is 17.2 Å². The van der Waals surface area contributed by atoms with Crippen molar-refractivity contribution in [3.05, 3.63) is 29.6 Å². The molecular weight excluding hydrogens is 357 g/mol. The zero-order chi connectivity index (χ0) is 19.3. The summed E-state index contributed by atoms with van der Waals surface area (Å²) in [5.74, 6) is -0.173. The average molecular weight is 383 g/mol. The van der Waals surface area contributed by atoms with Crippen molar-refractivity contribution in [3.8, 4) is 0 Å². The van der Waals surface area contributed by atoms with Gasteiger partial charge in [0.25, 0.3) is 0 Å². The van der Waals surface area contributed by atoms with E-state index in [0.717, 1.165) is 25.2 Å². The van der Waals surface area contributed by atoms with Gasteiger partial charge in [0.05, 0.1) is 4.90 Å². The number of nitrogens with zero attached hydrogens (tertiary/aromatic N) is 1. The van der Waals surface area contributed by atoms with Crippen LogP contribution in [0.2, 0.25) is 0 Å². The monoisotopic (exact) mass is 383 g/mol. The van der Waals surface area contributed by atoms with E-state index in [1.165, 1.54) is 6.07 Å². The van der Waals surface area contributed by atoms with Gasteiger partial charge in [0.2, 0.25) is 0 Å². The van der Waals surface area contributed by atoms with Crippen molar-refractivity contribution in [2.75, 3.05) is 19.3 Å². The van der Waals surface area contributed by atoms with Crippen LogP contribution in [0.3, 0.4) is 0 Å². The number of hydrogen-bond donors (Lipinski definition) is 0. The van der Waals surface area contributed by atoms with Crippen molar-refractivity contribution in [3.63, 3.8) is 0 Å². The molecule has 1 amide bonds. The SMILES string of the molecule is CC(C)(C)OC(=O)N1CC2(CC(Cc3ccc(F)cc3S(C)(=O)=O)C2)C1. The Labute approximate surface area is 154 Å². The zero-order valence-electron chi connectivity index (χ0n) is 15.7. The molecule has 1 aromatic carbocycles.